The van der Waals surface area contributed by atoms with Crippen molar-refractivity contribution in [3.8, 4) is 0 Å². The van der Waals surface area contributed by atoms with Crippen LogP contribution in [0.15, 0.2) is 90.0 Å². The van der Waals surface area contributed by atoms with Gasteiger partial charge in [-0.3, -0.25) is 4.79 Å². The minimum atomic E-state index is -0.0364. The number of rotatable bonds is 6. The number of aromatic nitrogens is 1. The number of aromatic amines is 1. The summed E-state index contributed by atoms with van der Waals surface area (Å²) in [6, 6.07) is 26.4. The molecule has 1 aromatic heterocycles. The van der Waals surface area contributed by atoms with Crippen molar-refractivity contribution in [2.75, 3.05) is 12.8 Å². The summed E-state index contributed by atoms with van der Waals surface area (Å²) in [5.74, 6) is 0.0356. The summed E-state index contributed by atoms with van der Waals surface area (Å²) >= 11 is 1.59. The molecule has 0 aliphatic heterocycles. The highest BCUT2D eigenvalue weighted by molar-refractivity contribution is 7.98. The van der Waals surface area contributed by atoms with Crippen LogP contribution in [0, 0.1) is 0 Å². The average molecular weight is 387 g/mol. The Morgan fingerprint density at radius 2 is 1.68 bits per heavy atom. The Bertz CT molecular complexity index is 1090. The van der Waals surface area contributed by atoms with Crippen molar-refractivity contribution in [2.24, 2.45) is 0 Å². The van der Waals surface area contributed by atoms with E-state index in [1.165, 1.54) is 16.5 Å². The van der Waals surface area contributed by atoms with Crippen LogP contribution in [-0.2, 0) is 0 Å². The lowest BCUT2D eigenvalue weighted by Crippen LogP contribution is -2.29. The maximum absolute atomic E-state index is 12.9. The Hall–Kier alpha value is -2.98. The van der Waals surface area contributed by atoms with Crippen molar-refractivity contribution >= 4 is 28.6 Å². The van der Waals surface area contributed by atoms with Crippen LogP contribution in [0.4, 0.5) is 0 Å². The van der Waals surface area contributed by atoms with E-state index in [-0.39, 0.29) is 11.8 Å². The summed E-state index contributed by atoms with van der Waals surface area (Å²) in [5.41, 5.74) is 4.21. The second kappa shape index (κ2) is 8.36. The lowest BCUT2D eigenvalue weighted by Gasteiger charge is -2.19. The van der Waals surface area contributed by atoms with Crippen molar-refractivity contribution in [1.29, 1.82) is 0 Å². The minimum absolute atomic E-state index is 0.0364. The van der Waals surface area contributed by atoms with Crippen molar-refractivity contribution in [1.82, 2.24) is 10.3 Å². The molecule has 0 fully saturated rings. The van der Waals surface area contributed by atoms with Crippen molar-refractivity contribution in [3.63, 3.8) is 0 Å². The van der Waals surface area contributed by atoms with Crippen LogP contribution in [0.5, 0.6) is 0 Å². The summed E-state index contributed by atoms with van der Waals surface area (Å²) in [6.07, 6.45) is 4.05. The minimum Gasteiger partial charge on any atom is -0.361 e. The largest absolute Gasteiger partial charge is 0.361 e. The van der Waals surface area contributed by atoms with E-state index >= 15 is 0 Å². The van der Waals surface area contributed by atoms with Crippen molar-refractivity contribution in [3.05, 3.63) is 102 Å². The molecule has 0 bridgehead atoms. The number of carbonyl (C=O) groups excluding carboxylic acids is 1. The maximum atomic E-state index is 12.9. The van der Waals surface area contributed by atoms with E-state index < -0.39 is 0 Å². The molecule has 1 amide bonds. The molecule has 3 nitrogen and oxygen atoms in total. The molecule has 4 aromatic rings. The van der Waals surface area contributed by atoms with Gasteiger partial charge in [0.2, 0.25) is 0 Å². The molecule has 0 aliphatic carbocycles. The molecule has 3 aromatic carbocycles. The summed E-state index contributed by atoms with van der Waals surface area (Å²) in [5, 5.41) is 4.35. The Morgan fingerprint density at radius 3 is 2.50 bits per heavy atom. The smallest absolute Gasteiger partial charge is 0.252 e. The van der Waals surface area contributed by atoms with Gasteiger partial charge in [0.15, 0.2) is 0 Å². The lowest BCUT2D eigenvalue weighted by atomic mass is 9.91. The van der Waals surface area contributed by atoms with Gasteiger partial charge < -0.3 is 10.3 Å². The summed E-state index contributed by atoms with van der Waals surface area (Å²) < 4.78 is 0. The first-order valence-corrected chi connectivity index (χ1v) is 10.5. The molecule has 2 N–H and O–H groups in total. The number of hydrogen-bond acceptors (Lipinski definition) is 2. The van der Waals surface area contributed by atoms with Crippen molar-refractivity contribution in [2.45, 2.75) is 10.8 Å². The van der Waals surface area contributed by atoms with Gasteiger partial charge in [-0.25, -0.2) is 0 Å². The monoisotopic (exact) mass is 386 g/mol. The van der Waals surface area contributed by atoms with Gasteiger partial charge in [0.1, 0.15) is 0 Å². The van der Waals surface area contributed by atoms with Gasteiger partial charge in [0.25, 0.3) is 5.91 Å². The first kappa shape index (κ1) is 18.4. The van der Waals surface area contributed by atoms with Crippen molar-refractivity contribution < 1.29 is 4.79 Å². The first-order chi connectivity index (χ1) is 13.8. The van der Waals surface area contributed by atoms with Crippen LogP contribution in [-0.4, -0.2) is 23.7 Å². The summed E-state index contributed by atoms with van der Waals surface area (Å²) in [4.78, 5) is 17.2. The lowest BCUT2D eigenvalue weighted by molar-refractivity contribution is 0.0949. The third-order valence-corrected chi connectivity index (χ3v) is 5.81. The van der Waals surface area contributed by atoms with E-state index in [0.29, 0.717) is 6.54 Å². The molecule has 0 saturated heterocycles. The van der Waals surface area contributed by atoms with Crippen LogP contribution in [0.1, 0.15) is 27.4 Å². The van der Waals surface area contributed by atoms with Crippen LogP contribution >= 0.6 is 11.8 Å². The maximum Gasteiger partial charge on any atom is 0.252 e. The van der Waals surface area contributed by atoms with Crippen LogP contribution in [0.2, 0.25) is 0 Å². The molecular formula is C24H22N2OS. The van der Waals surface area contributed by atoms with E-state index in [4.69, 9.17) is 0 Å². The number of fused-ring (bicyclic) bond motifs is 1. The quantitative estimate of drug-likeness (QED) is 0.433. The Balaban J connectivity index is 1.65. The predicted molar refractivity (Wildman–Crippen MR) is 117 cm³/mol. The molecule has 140 valence electrons. The average Bonchev–Trinajstić information content (AvgIpc) is 3.18. The fourth-order valence-electron chi connectivity index (χ4n) is 3.60. The number of carbonyl (C=O) groups is 1. The van der Waals surface area contributed by atoms with E-state index in [0.717, 1.165) is 16.0 Å². The molecule has 1 atom stereocenters. The van der Waals surface area contributed by atoms with Crippen LogP contribution in [0.3, 0.4) is 0 Å². The van der Waals surface area contributed by atoms with Gasteiger partial charge in [-0.1, -0.05) is 60.7 Å². The summed E-state index contributed by atoms with van der Waals surface area (Å²) in [7, 11) is 0. The zero-order valence-corrected chi connectivity index (χ0v) is 16.5. The van der Waals surface area contributed by atoms with Crippen LogP contribution < -0.4 is 5.32 Å². The Labute approximate surface area is 169 Å². The second-order valence-corrected chi connectivity index (χ2v) is 7.51. The van der Waals surface area contributed by atoms with Crippen LogP contribution in [0.25, 0.3) is 10.9 Å². The van der Waals surface area contributed by atoms with Gasteiger partial charge >= 0.3 is 0 Å². The van der Waals surface area contributed by atoms with Gasteiger partial charge in [0, 0.05) is 34.5 Å². The fraction of sp³-hybridized carbons (Fsp3) is 0.125. The zero-order chi connectivity index (χ0) is 19.3. The van der Waals surface area contributed by atoms with E-state index in [2.05, 4.69) is 46.8 Å². The molecular weight excluding hydrogens is 364 g/mol. The molecule has 1 heterocycles. The number of hydrogen-bond donors (Lipinski definition) is 2. The topological polar surface area (TPSA) is 44.9 Å². The Morgan fingerprint density at radius 1 is 0.964 bits per heavy atom. The summed E-state index contributed by atoms with van der Waals surface area (Å²) in [6.45, 7) is 0.535. The SMILES string of the molecule is CSc1ccccc1C(=O)NC[C@H](c1ccccc1)c1c[nH]c2ccccc12. The molecule has 4 rings (SSSR count). The third kappa shape index (κ3) is 3.69. The molecule has 0 saturated carbocycles. The van der Waals surface area contributed by atoms with Gasteiger partial charge in [0.05, 0.1) is 5.56 Å². The predicted octanol–water partition coefficient (Wildman–Crippen LogP) is 5.45. The van der Waals surface area contributed by atoms with Gasteiger partial charge in [-0.2, -0.15) is 0 Å². The van der Waals surface area contributed by atoms with Gasteiger partial charge in [-0.05, 0) is 35.6 Å². The van der Waals surface area contributed by atoms with E-state index in [1.54, 1.807) is 11.8 Å². The normalized spacial score (nSPS) is 12.0. The highest BCUT2D eigenvalue weighted by Gasteiger charge is 2.20. The zero-order valence-electron chi connectivity index (χ0n) is 15.7. The third-order valence-electron chi connectivity index (χ3n) is 5.02. The number of thioether (sulfide) groups is 1. The van der Waals surface area contributed by atoms with Gasteiger partial charge in [-0.15, -0.1) is 11.8 Å². The van der Waals surface area contributed by atoms with E-state index in [9.17, 15) is 4.79 Å². The number of benzene rings is 3. The first-order valence-electron chi connectivity index (χ1n) is 9.30. The fourth-order valence-corrected chi connectivity index (χ4v) is 4.19. The van der Waals surface area contributed by atoms with E-state index in [1.807, 2.05) is 54.8 Å². The molecule has 28 heavy (non-hydrogen) atoms. The number of para-hydroxylation sites is 1. The molecule has 0 unspecified atom stereocenters. The molecule has 0 spiro atoms. The molecule has 0 radical (unpaired) electrons. The number of H-pyrrole nitrogens is 1. The second-order valence-electron chi connectivity index (χ2n) is 6.66. The molecule has 0 aliphatic rings. The highest BCUT2D eigenvalue weighted by Crippen LogP contribution is 2.30. The Kier molecular flexibility index (Phi) is 5.49. The molecule has 4 heteroatoms. The standard InChI is InChI=1S/C24H22N2OS/c1-28-23-14-8-6-12-19(23)24(27)26-15-20(17-9-3-2-4-10-17)21-16-25-22-13-7-5-11-18(21)22/h2-14,16,20,25H,15H2,1H3,(H,26,27)/t20-/m1/s1. The number of nitrogens with one attached hydrogen (secondary N) is 2. The highest BCUT2D eigenvalue weighted by atomic mass is 32.2. The number of amides is 1.